The highest BCUT2D eigenvalue weighted by Crippen LogP contribution is 2.30. The van der Waals surface area contributed by atoms with Crippen LogP contribution in [0.4, 0.5) is 23.0 Å². The van der Waals surface area contributed by atoms with E-state index in [0.717, 1.165) is 6.42 Å². The first kappa shape index (κ1) is 13.7. The van der Waals surface area contributed by atoms with Gasteiger partial charge < -0.3 is 10.6 Å². The van der Waals surface area contributed by atoms with Crippen molar-refractivity contribution in [1.82, 2.24) is 15.0 Å². The molecule has 104 valence electrons. The van der Waals surface area contributed by atoms with Gasteiger partial charge in [0.2, 0.25) is 11.6 Å². The molecule has 0 saturated carbocycles. The van der Waals surface area contributed by atoms with Crippen molar-refractivity contribution < 1.29 is 4.92 Å². The standard InChI is InChI=1S/C12H14N6O2/c1-2-5-14-11-10(18(19)20)12(16-8-15-11)17-9-3-6-13-7-4-9/h3-4,6-8H,2,5H2,1H3,(H2,13,14,15,16,17). The molecular weight excluding hydrogens is 260 g/mol. The molecule has 0 radical (unpaired) electrons. The molecule has 0 atom stereocenters. The van der Waals surface area contributed by atoms with Gasteiger partial charge >= 0.3 is 5.69 Å². The van der Waals surface area contributed by atoms with Crippen LogP contribution in [-0.2, 0) is 0 Å². The van der Waals surface area contributed by atoms with Crippen molar-refractivity contribution in [1.29, 1.82) is 0 Å². The van der Waals surface area contributed by atoms with Crippen LogP contribution in [0.25, 0.3) is 0 Å². The predicted octanol–water partition coefficient (Wildman–Crippen LogP) is 2.35. The van der Waals surface area contributed by atoms with Crippen LogP contribution in [0.2, 0.25) is 0 Å². The summed E-state index contributed by atoms with van der Waals surface area (Å²) in [5, 5.41) is 17.1. The van der Waals surface area contributed by atoms with Crippen LogP contribution in [0.3, 0.4) is 0 Å². The van der Waals surface area contributed by atoms with E-state index in [-0.39, 0.29) is 17.3 Å². The lowest BCUT2D eigenvalue weighted by Gasteiger charge is -2.09. The van der Waals surface area contributed by atoms with E-state index in [9.17, 15) is 10.1 Å². The predicted molar refractivity (Wildman–Crippen MR) is 75.0 cm³/mol. The zero-order valence-corrected chi connectivity index (χ0v) is 10.9. The van der Waals surface area contributed by atoms with E-state index >= 15 is 0 Å². The number of nitro groups is 1. The Hall–Kier alpha value is -2.77. The molecule has 0 aliphatic heterocycles. The summed E-state index contributed by atoms with van der Waals surface area (Å²) in [7, 11) is 0. The van der Waals surface area contributed by atoms with Crippen LogP contribution in [0.1, 0.15) is 13.3 Å². The molecule has 20 heavy (non-hydrogen) atoms. The summed E-state index contributed by atoms with van der Waals surface area (Å²) < 4.78 is 0. The minimum Gasteiger partial charge on any atom is -0.364 e. The number of hydrogen-bond acceptors (Lipinski definition) is 7. The summed E-state index contributed by atoms with van der Waals surface area (Å²) in [6, 6.07) is 3.40. The van der Waals surface area contributed by atoms with Crippen LogP contribution in [-0.4, -0.2) is 26.4 Å². The number of pyridine rings is 1. The van der Waals surface area contributed by atoms with E-state index in [4.69, 9.17) is 0 Å². The van der Waals surface area contributed by atoms with Crippen LogP contribution in [0.15, 0.2) is 30.9 Å². The maximum absolute atomic E-state index is 11.2. The third kappa shape index (κ3) is 3.16. The number of hydrogen-bond donors (Lipinski definition) is 2. The van der Waals surface area contributed by atoms with E-state index < -0.39 is 4.92 Å². The third-order valence-electron chi connectivity index (χ3n) is 2.49. The Bertz CT molecular complexity index is 590. The first-order valence-electron chi connectivity index (χ1n) is 6.12. The van der Waals surface area contributed by atoms with E-state index in [1.54, 1.807) is 24.5 Å². The van der Waals surface area contributed by atoms with Crippen molar-refractivity contribution in [2.24, 2.45) is 0 Å². The number of nitrogens with one attached hydrogen (secondary N) is 2. The molecule has 0 spiro atoms. The normalized spacial score (nSPS) is 10.1. The van der Waals surface area contributed by atoms with Gasteiger partial charge in [-0.2, -0.15) is 0 Å². The van der Waals surface area contributed by atoms with Crippen LogP contribution >= 0.6 is 0 Å². The average Bonchev–Trinajstić information content (AvgIpc) is 2.46. The first-order valence-corrected chi connectivity index (χ1v) is 6.12. The lowest BCUT2D eigenvalue weighted by molar-refractivity contribution is -0.383. The molecule has 0 amide bonds. The first-order chi connectivity index (χ1) is 9.72. The second-order valence-corrected chi connectivity index (χ2v) is 3.96. The molecule has 8 nitrogen and oxygen atoms in total. The smallest absolute Gasteiger partial charge is 0.353 e. The number of aromatic nitrogens is 3. The monoisotopic (exact) mass is 274 g/mol. The molecule has 2 aromatic rings. The lowest BCUT2D eigenvalue weighted by Crippen LogP contribution is -2.08. The van der Waals surface area contributed by atoms with Crippen LogP contribution in [0, 0.1) is 10.1 Å². The quantitative estimate of drug-likeness (QED) is 0.615. The third-order valence-corrected chi connectivity index (χ3v) is 2.49. The van der Waals surface area contributed by atoms with Crippen molar-refractivity contribution in [2.45, 2.75) is 13.3 Å². The van der Waals surface area contributed by atoms with Crippen molar-refractivity contribution in [3.8, 4) is 0 Å². The van der Waals surface area contributed by atoms with Crippen LogP contribution in [0.5, 0.6) is 0 Å². The molecule has 0 aliphatic carbocycles. The number of rotatable bonds is 6. The molecule has 2 aromatic heterocycles. The molecule has 0 aliphatic rings. The number of anilines is 3. The van der Waals surface area contributed by atoms with Crippen molar-refractivity contribution >= 4 is 23.0 Å². The maximum Gasteiger partial charge on any atom is 0.353 e. The summed E-state index contributed by atoms with van der Waals surface area (Å²) in [6.45, 7) is 2.57. The van der Waals surface area contributed by atoms with E-state index in [0.29, 0.717) is 12.2 Å². The Morgan fingerprint density at radius 2 is 1.95 bits per heavy atom. The molecule has 8 heteroatoms. The number of nitrogens with zero attached hydrogens (tertiary/aromatic N) is 4. The fraction of sp³-hybridized carbons (Fsp3) is 0.250. The molecule has 0 unspecified atom stereocenters. The molecule has 0 saturated heterocycles. The van der Waals surface area contributed by atoms with Gasteiger partial charge in [0.25, 0.3) is 0 Å². The Morgan fingerprint density at radius 3 is 2.60 bits per heavy atom. The minimum atomic E-state index is -0.498. The summed E-state index contributed by atoms with van der Waals surface area (Å²) in [6.07, 6.45) is 5.31. The lowest BCUT2D eigenvalue weighted by atomic mass is 10.3. The fourth-order valence-electron chi connectivity index (χ4n) is 1.59. The van der Waals surface area contributed by atoms with Gasteiger partial charge in [-0.1, -0.05) is 6.92 Å². The van der Waals surface area contributed by atoms with E-state index in [1.807, 2.05) is 6.92 Å². The molecular formula is C12H14N6O2. The van der Waals surface area contributed by atoms with E-state index in [2.05, 4.69) is 25.6 Å². The molecule has 2 heterocycles. The topological polar surface area (TPSA) is 106 Å². The molecule has 2 N–H and O–H groups in total. The highest BCUT2D eigenvalue weighted by Gasteiger charge is 2.22. The maximum atomic E-state index is 11.2. The van der Waals surface area contributed by atoms with Gasteiger partial charge in [-0.25, -0.2) is 9.97 Å². The van der Waals surface area contributed by atoms with Gasteiger partial charge in [-0.05, 0) is 18.6 Å². The Balaban J connectivity index is 2.34. The van der Waals surface area contributed by atoms with Gasteiger partial charge in [0.1, 0.15) is 6.33 Å². The van der Waals surface area contributed by atoms with Gasteiger partial charge in [-0.3, -0.25) is 15.1 Å². The Kier molecular flexibility index (Phi) is 4.38. The summed E-state index contributed by atoms with van der Waals surface area (Å²) >= 11 is 0. The van der Waals surface area contributed by atoms with E-state index in [1.165, 1.54) is 6.33 Å². The average molecular weight is 274 g/mol. The molecule has 0 aromatic carbocycles. The minimum absolute atomic E-state index is 0.148. The highest BCUT2D eigenvalue weighted by molar-refractivity contribution is 5.73. The molecule has 2 rings (SSSR count). The summed E-state index contributed by atoms with van der Waals surface area (Å²) in [5.41, 5.74) is 0.501. The molecule has 0 bridgehead atoms. The van der Waals surface area contributed by atoms with Gasteiger partial charge in [0, 0.05) is 24.6 Å². The van der Waals surface area contributed by atoms with Crippen molar-refractivity contribution in [3.05, 3.63) is 41.0 Å². The Morgan fingerprint density at radius 1 is 1.25 bits per heavy atom. The van der Waals surface area contributed by atoms with Crippen molar-refractivity contribution in [3.63, 3.8) is 0 Å². The van der Waals surface area contributed by atoms with Gasteiger partial charge in [0.15, 0.2) is 0 Å². The summed E-state index contributed by atoms with van der Waals surface area (Å²) in [5.74, 6) is 0.359. The Labute approximate surface area is 115 Å². The zero-order valence-electron chi connectivity index (χ0n) is 10.9. The largest absolute Gasteiger partial charge is 0.364 e. The SMILES string of the molecule is CCCNc1ncnc(Nc2ccncc2)c1[N+](=O)[O-]. The van der Waals surface area contributed by atoms with Gasteiger partial charge in [-0.15, -0.1) is 0 Å². The second kappa shape index (κ2) is 6.41. The summed E-state index contributed by atoms with van der Waals surface area (Å²) in [4.78, 5) is 22.5. The van der Waals surface area contributed by atoms with Crippen molar-refractivity contribution in [2.75, 3.05) is 17.2 Å². The van der Waals surface area contributed by atoms with Gasteiger partial charge in [0.05, 0.1) is 4.92 Å². The van der Waals surface area contributed by atoms with Crippen LogP contribution < -0.4 is 10.6 Å². The molecule has 0 fully saturated rings. The second-order valence-electron chi connectivity index (χ2n) is 3.96. The zero-order chi connectivity index (χ0) is 14.4. The fourth-order valence-corrected chi connectivity index (χ4v) is 1.59. The highest BCUT2D eigenvalue weighted by atomic mass is 16.6.